The van der Waals surface area contributed by atoms with Crippen molar-refractivity contribution in [1.29, 1.82) is 0 Å². The molecule has 1 atom stereocenters. The second-order valence-electron chi connectivity index (χ2n) is 4.92. The summed E-state index contributed by atoms with van der Waals surface area (Å²) in [5.74, 6) is 0.118. The second-order valence-corrected chi connectivity index (χ2v) is 4.92. The Kier molecular flexibility index (Phi) is 4.94. The molecular formula is C18H20NO. The third-order valence-electron chi connectivity index (χ3n) is 3.44. The van der Waals surface area contributed by atoms with Gasteiger partial charge >= 0.3 is 0 Å². The maximum Gasteiger partial charge on any atom is 0.133 e. The Morgan fingerprint density at radius 2 is 1.60 bits per heavy atom. The standard InChI is InChI=1S/C18H20NO/c1-15(20)13-14-18(16-9-5-3-6-10-16)19(2)17-11-7-4-8-12-17/h3-13,18H,14H2,1-2H3. The Hall–Kier alpha value is -2.09. The van der Waals surface area contributed by atoms with E-state index < -0.39 is 0 Å². The molecule has 20 heavy (non-hydrogen) atoms. The molecule has 0 heterocycles. The highest BCUT2D eigenvalue weighted by Gasteiger charge is 2.17. The number of Topliss-reactive ketones (excluding diaryl/α,β-unsaturated/α-hetero) is 1. The van der Waals surface area contributed by atoms with E-state index in [1.807, 2.05) is 36.4 Å². The van der Waals surface area contributed by atoms with Crippen LogP contribution in [0.5, 0.6) is 0 Å². The molecule has 0 saturated carbocycles. The Morgan fingerprint density at radius 3 is 2.15 bits per heavy atom. The van der Waals surface area contributed by atoms with E-state index in [9.17, 15) is 4.79 Å². The Labute approximate surface area is 121 Å². The third-order valence-corrected chi connectivity index (χ3v) is 3.44. The number of carbonyl (C=O) groups is 1. The van der Waals surface area contributed by atoms with Crippen molar-refractivity contribution in [3.05, 3.63) is 72.6 Å². The summed E-state index contributed by atoms with van der Waals surface area (Å²) in [5, 5.41) is 0. The SMILES string of the molecule is CC(=O)[CH]CC(c1ccccc1)N(C)c1ccccc1. The van der Waals surface area contributed by atoms with Crippen molar-refractivity contribution in [2.45, 2.75) is 19.4 Å². The van der Waals surface area contributed by atoms with Crippen molar-refractivity contribution < 1.29 is 4.79 Å². The molecular weight excluding hydrogens is 246 g/mol. The molecule has 0 aliphatic carbocycles. The van der Waals surface area contributed by atoms with E-state index in [0.29, 0.717) is 6.42 Å². The molecule has 2 rings (SSSR count). The number of carbonyl (C=O) groups excluding carboxylic acids is 1. The van der Waals surface area contributed by atoms with Gasteiger partial charge in [0.15, 0.2) is 0 Å². The first-order valence-corrected chi connectivity index (χ1v) is 6.85. The zero-order valence-electron chi connectivity index (χ0n) is 12.0. The van der Waals surface area contributed by atoms with Gasteiger partial charge in [0.25, 0.3) is 0 Å². The molecule has 0 amide bonds. The zero-order chi connectivity index (χ0) is 14.4. The van der Waals surface area contributed by atoms with Crippen LogP contribution in [0.1, 0.15) is 24.9 Å². The van der Waals surface area contributed by atoms with Gasteiger partial charge in [-0.25, -0.2) is 0 Å². The highest BCUT2D eigenvalue weighted by Crippen LogP contribution is 2.28. The van der Waals surface area contributed by atoms with Crippen LogP contribution in [0.3, 0.4) is 0 Å². The number of hydrogen-bond donors (Lipinski definition) is 0. The highest BCUT2D eigenvalue weighted by molar-refractivity contribution is 5.84. The minimum atomic E-state index is 0.118. The monoisotopic (exact) mass is 266 g/mol. The average Bonchev–Trinajstić information content (AvgIpc) is 2.49. The lowest BCUT2D eigenvalue weighted by molar-refractivity contribution is -0.114. The van der Waals surface area contributed by atoms with Crippen LogP contribution in [-0.2, 0) is 4.79 Å². The summed E-state index contributed by atoms with van der Waals surface area (Å²) >= 11 is 0. The predicted octanol–water partition coefficient (Wildman–Crippen LogP) is 4.05. The van der Waals surface area contributed by atoms with Crippen molar-refractivity contribution in [2.75, 3.05) is 11.9 Å². The van der Waals surface area contributed by atoms with E-state index in [2.05, 4.69) is 36.2 Å². The lowest BCUT2D eigenvalue weighted by Gasteiger charge is -2.30. The lowest BCUT2D eigenvalue weighted by atomic mass is 9.99. The van der Waals surface area contributed by atoms with Crippen LogP contribution in [0.4, 0.5) is 5.69 Å². The largest absolute Gasteiger partial charge is 0.368 e. The quantitative estimate of drug-likeness (QED) is 0.786. The second kappa shape index (κ2) is 6.90. The molecule has 0 aliphatic heterocycles. The van der Waals surface area contributed by atoms with Crippen LogP contribution in [0.2, 0.25) is 0 Å². The number of anilines is 1. The van der Waals surface area contributed by atoms with Crippen LogP contribution in [0, 0.1) is 6.42 Å². The van der Waals surface area contributed by atoms with Crippen LogP contribution < -0.4 is 4.90 Å². The molecule has 1 unspecified atom stereocenters. The first-order valence-electron chi connectivity index (χ1n) is 6.85. The molecule has 2 heteroatoms. The van der Waals surface area contributed by atoms with Crippen LogP contribution in [0.15, 0.2) is 60.7 Å². The molecule has 103 valence electrons. The molecule has 0 aromatic heterocycles. The van der Waals surface area contributed by atoms with E-state index in [1.54, 1.807) is 13.3 Å². The van der Waals surface area contributed by atoms with Crippen molar-refractivity contribution in [1.82, 2.24) is 0 Å². The van der Waals surface area contributed by atoms with Crippen molar-refractivity contribution >= 4 is 11.5 Å². The van der Waals surface area contributed by atoms with E-state index in [4.69, 9.17) is 0 Å². The highest BCUT2D eigenvalue weighted by atomic mass is 16.1. The van der Waals surface area contributed by atoms with Crippen LogP contribution >= 0.6 is 0 Å². The number of para-hydroxylation sites is 1. The van der Waals surface area contributed by atoms with Gasteiger partial charge in [0.1, 0.15) is 5.78 Å². The van der Waals surface area contributed by atoms with Gasteiger partial charge in [-0.1, -0.05) is 48.5 Å². The fraction of sp³-hybridized carbons (Fsp3) is 0.222. The predicted molar refractivity (Wildman–Crippen MR) is 83.6 cm³/mol. The Balaban J connectivity index is 2.24. The molecule has 0 saturated heterocycles. The summed E-state index contributed by atoms with van der Waals surface area (Å²) in [5.41, 5.74) is 2.37. The summed E-state index contributed by atoms with van der Waals surface area (Å²) in [4.78, 5) is 13.5. The first-order chi connectivity index (χ1) is 9.68. The molecule has 0 bridgehead atoms. The molecule has 1 radical (unpaired) electrons. The maximum absolute atomic E-state index is 11.3. The molecule has 2 aromatic rings. The maximum atomic E-state index is 11.3. The fourth-order valence-electron chi connectivity index (χ4n) is 2.31. The van der Waals surface area contributed by atoms with Gasteiger partial charge in [-0.3, -0.25) is 4.79 Å². The molecule has 0 N–H and O–H groups in total. The van der Waals surface area contributed by atoms with Gasteiger partial charge < -0.3 is 4.90 Å². The Bertz CT molecular complexity index is 536. The van der Waals surface area contributed by atoms with Gasteiger partial charge in [-0.15, -0.1) is 0 Å². The Morgan fingerprint density at radius 1 is 1.05 bits per heavy atom. The molecule has 2 aromatic carbocycles. The summed E-state index contributed by atoms with van der Waals surface area (Å²) in [6.45, 7) is 1.60. The van der Waals surface area contributed by atoms with Gasteiger partial charge in [-0.05, 0) is 31.0 Å². The topological polar surface area (TPSA) is 20.3 Å². The van der Waals surface area contributed by atoms with E-state index in [1.165, 1.54) is 5.56 Å². The van der Waals surface area contributed by atoms with Gasteiger partial charge in [0.05, 0.1) is 6.04 Å². The fourth-order valence-corrected chi connectivity index (χ4v) is 2.31. The van der Waals surface area contributed by atoms with E-state index in [-0.39, 0.29) is 11.8 Å². The molecule has 0 fully saturated rings. The minimum Gasteiger partial charge on any atom is -0.368 e. The summed E-state index contributed by atoms with van der Waals surface area (Å²) in [6.07, 6.45) is 2.47. The number of ketones is 1. The third kappa shape index (κ3) is 3.70. The van der Waals surface area contributed by atoms with E-state index in [0.717, 1.165) is 5.69 Å². The molecule has 2 nitrogen and oxygen atoms in total. The smallest absolute Gasteiger partial charge is 0.133 e. The molecule has 0 spiro atoms. The van der Waals surface area contributed by atoms with Crippen molar-refractivity contribution in [3.63, 3.8) is 0 Å². The summed E-state index contributed by atoms with van der Waals surface area (Å²) < 4.78 is 0. The number of nitrogens with zero attached hydrogens (tertiary/aromatic N) is 1. The van der Waals surface area contributed by atoms with Gasteiger partial charge in [0.2, 0.25) is 0 Å². The number of rotatable bonds is 6. The average molecular weight is 266 g/mol. The minimum absolute atomic E-state index is 0.118. The van der Waals surface area contributed by atoms with Crippen LogP contribution in [0.25, 0.3) is 0 Å². The first kappa shape index (κ1) is 14.3. The lowest BCUT2D eigenvalue weighted by Crippen LogP contribution is -2.24. The normalized spacial score (nSPS) is 11.9. The summed E-state index contributed by atoms with van der Waals surface area (Å²) in [6, 6.07) is 20.7. The van der Waals surface area contributed by atoms with Gasteiger partial charge in [-0.2, -0.15) is 0 Å². The van der Waals surface area contributed by atoms with Gasteiger partial charge in [0, 0.05) is 19.2 Å². The summed E-state index contributed by atoms with van der Waals surface area (Å²) in [7, 11) is 2.07. The number of benzene rings is 2. The van der Waals surface area contributed by atoms with Crippen LogP contribution in [-0.4, -0.2) is 12.8 Å². The number of hydrogen-bond acceptors (Lipinski definition) is 2. The molecule has 0 aliphatic rings. The van der Waals surface area contributed by atoms with E-state index >= 15 is 0 Å². The zero-order valence-corrected chi connectivity index (χ0v) is 12.0. The van der Waals surface area contributed by atoms with Crippen molar-refractivity contribution in [2.24, 2.45) is 0 Å². The van der Waals surface area contributed by atoms with Crippen molar-refractivity contribution in [3.8, 4) is 0 Å².